The van der Waals surface area contributed by atoms with Gasteiger partial charge in [0.05, 0.1) is 22.5 Å². The summed E-state index contributed by atoms with van der Waals surface area (Å²) in [4.78, 5) is 30.8. The highest BCUT2D eigenvalue weighted by atomic mass is 32.1. The van der Waals surface area contributed by atoms with E-state index in [1.165, 1.54) is 6.07 Å². The monoisotopic (exact) mass is 606 g/mol. The number of alkyl halides is 6. The Bertz CT molecular complexity index is 1540. The number of rotatable bonds is 2. The van der Waals surface area contributed by atoms with E-state index in [4.69, 9.17) is 35.3 Å². The number of nitrogens with two attached hydrogens (primary N) is 1. The number of fused-ring (bicyclic) bond motifs is 2. The molecular weight excluding hydrogens is 589 g/mol. The number of anilines is 1. The summed E-state index contributed by atoms with van der Waals surface area (Å²) >= 11 is 1.64. The fraction of sp³-hybridized carbons (Fsp3) is 0.208. The summed E-state index contributed by atoms with van der Waals surface area (Å²) in [7, 11) is 0. The normalized spacial score (nSPS) is 14.5. The van der Waals surface area contributed by atoms with Gasteiger partial charge in [0.25, 0.3) is 0 Å². The van der Waals surface area contributed by atoms with Crippen molar-refractivity contribution in [2.24, 2.45) is 0 Å². The van der Waals surface area contributed by atoms with Gasteiger partial charge in [-0.15, -0.1) is 11.3 Å². The van der Waals surface area contributed by atoms with Crippen LogP contribution in [0.5, 0.6) is 5.75 Å². The first-order chi connectivity index (χ1) is 19.0. The first-order valence-corrected chi connectivity index (χ1v) is 11.9. The number of hydrogen-bond acceptors (Lipinski definition) is 8. The van der Waals surface area contributed by atoms with Crippen LogP contribution in [0.2, 0.25) is 0 Å². The van der Waals surface area contributed by atoms with Crippen molar-refractivity contribution >= 4 is 39.4 Å². The van der Waals surface area contributed by atoms with E-state index in [-0.39, 0.29) is 17.7 Å². The van der Waals surface area contributed by atoms with Crippen LogP contribution < -0.4 is 10.5 Å². The molecule has 1 unspecified atom stereocenters. The lowest BCUT2D eigenvalue weighted by Crippen LogP contribution is -2.21. The summed E-state index contributed by atoms with van der Waals surface area (Å²) in [5, 5.41) is 15.2. The lowest BCUT2D eigenvalue weighted by Gasteiger charge is -2.23. The Morgan fingerprint density at radius 1 is 0.951 bits per heavy atom. The molecule has 1 aliphatic heterocycles. The van der Waals surface area contributed by atoms with Crippen LogP contribution in [0.25, 0.3) is 21.5 Å². The smallest absolute Gasteiger partial charge is 0.490 e. The minimum atomic E-state index is -5.08. The number of benzene rings is 2. The Balaban J connectivity index is 0.000000276. The molecule has 0 fully saturated rings. The number of nitrogen functional groups attached to an aromatic ring is 1. The zero-order valence-electron chi connectivity index (χ0n) is 20.2. The van der Waals surface area contributed by atoms with Gasteiger partial charge in [-0.05, 0) is 48.4 Å². The van der Waals surface area contributed by atoms with Gasteiger partial charge in [0.2, 0.25) is 5.95 Å². The van der Waals surface area contributed by atoms with E-state index in [0.29, 0.717) is 6.61 Å². The maximum absolute atomic E-state index is 13.5. The van der Waals surface area contributed by atoms with E-state index in [1.54, 1.807) is 29.7 Å². The molecule has 0 spiro atoms. The number of thiazole rings is 1. The molecule has 1 atom stereocenters. The van der Waals surface area contributed by atoms with E-state index in [1.807, 2.05) is 18.2 Å². The Morgan fingerprint density at radius 2 is 1.59 bits per heavy atom. The Kier molecular flexibility index (Phi) is 9.31. The molecule has 218 valence electrons. The number of ether oxygens (including phenoxy) is 1. The summed E-state index contributed by atoms with van der Waals surface area (Å²) in [6.07, 6.45) is -7.79. The van der Waals surface area contributed by atoms with E-state index in [9.17, 15) is 30.7 Å². The highest BCUT2D eigenvalue weighted by molar-refractivity contribution is 7.18. The van der Waals surface area contributed by atoms with Crippen LogP contribution in [0.4, 0.5) is 36.7 Å². The van der Waals surface area contributed by atoms with E-state index >= 15 is 0 Å². The summed E-state index contributed by atoms with van der Waals surface area (Å²) < 4.78 is 83.9. The number of carbonyl (C=O) groups is 2. The summed E-state index contributed by atoms with van der Waals surface area (Å²) in [5.41, 5.74) is 9.27. The molecule has 4 aromatic rings. The highest BCUT2D eigenvalue weighted by Crippen LogP contribution is 2.37. The number of aliphatic carboxylic acids is 2. The second-order valence-electron chi connectivity index (χ2n) is 8.10. The van der Waals surface area contributed by atoms with Crippen LogP contribution in [0, 0.1) is 5.82 Å². The van der Waals surface area contributed by atoms with Gasteiger partial charge in [0.15, 0.2) is 0 Å². The van der Waals surface area contributed by atoms with E-state index < -0.39 is 24.3 Å². The maximum atomic E-state index is 13.5. The molecule has 0 radical (unpaired) electrons. The van der Waals surface area contributed by atoms with Gasteiger partial charge >= 0.3 is 24.3 Å². The van der Waals surface area contributed by atoms with Crippen molar-refractivity contribution in [3.05, 3.63) is 65.0 Å². The molecule has 0 amide bonds. The number of carboxylic acids is 2. The second kappa shape index (κ2) is 12.3. The Morgan fingerprint density at radius 3 is 2.17 bits per heavy atom. The van der Waals surface area contributed by atoms with Gasteiger partial charge < -0.3 is 20.7 Å². The molecule has 17 heteroatoms. The molecule has 0 saturated heterocycles. The van der Waals surface area contributed by atoms with Gasteiger partial charge in [0, 0.05) is 17.7 Å². The van der Waals surface area contributed by atoms with Crippen molar-refractivity contribution in [1.29, 1.82) is 0 Å². The number of aromatic nitrogens is 3. The molecule has 3 heterocycles. The first-order valence-electron chi connectivity index (χ1n) is 11.1. The van der Waals surface area contributed by atoms with Gasteiger partial charge in [-0.3, -0.25) is 0 Å². The lowest BCUT2D eigenvalue weighted by atomic mass is 9.97. The van der Waals surface area contributed by atoms with Gasteiger partial charge in [-0.1, -0.05) is 6.07 Å². The molecular formula is C24H17F7N4O5S. The molecule has 4 N–H and O–H groups in total. The summed E-state index contributed by atoms with van der Waals surface area (Å²) in [6.45, 7) is 0.549. The topological polar surface area (TPSA) is 149 Å². The zero-order chi connectivity index (χ0) is 30.5. The predicted molar refractivity (Wildman–Crippen MR) is 131 cm³/mol. The van der Waals surface area contributed by atoms with Crippen molar-refractivity contribution in [2.75, 3.05) is 12.3 Å². The van der Waals surface area contributed by atoms with Gasteiger partial charge in [-0.2, -0.15) is 26.3 Å². The molecule has 5 rings (SSSR count). The molecule has 0 bridgehead atoms. The van der Waals surface area contributed by atoms with Crippen molar-refractivity contribution < 1.29 is 55.3 Å². The Labute approximate surface area is 229 Å². The third-order valence-corrected chi connectivity index (χ3v) is 6.32. The standard InChI is InChI=1S/C20H15FN4OS.2C2HF3O2/c21-14-2-4-17-12(8-14)7-13(10-26-17)19-24-16-3-1-11(9-18(16)27-19)15-5-6-23-20(22)25-15;2*3-2(4,5)1(6)7/h1-6,8-9,13H,7,10H2,(H2,22,23,25);2*(H,6,7). The van der Waals surface area contributed by atoms with Crippen LogP contribution in [-0.4, -0.2) is 56.1 Å². The molecule has 1 aliphatic rings. The minimum Gasteiger partial charge on any atom is -0.493 e. The van der Waals surface area contributed by atoms with Crippen LogP contribution in [-0.2, 0) is 16.0 Å². The third-order valence-electron chi connectivity index (χ3n) is 5.14. The molecule has 0 aliphatic carbocycles. The van der Waals surface area contributed by atoms with Crippen LogP contribution in [0.1, 0.15) is 16.5 Å². The van der Waals surface area contributed by atoms with Crippen molar-refractivity contribution in [1.82, 2.24) is 15.0 Å². The highest BCUT2D eigenvalue weighted by Gasteiger charge is 2.38. The number of nitrogens with zero attached hydrogens (tertiary/aromatic N) is 3. The van der Waals surface area contributed by atoms with Crippen molar-refractivity contribution in [2.45, 2.75) is 24.7 Å². The molecule has 9 nitrogen and oxygen atoms in total. The van der Waals surface area contributed by atoms with Gasteiger partial charge in [0.1, 0.15) is 16.6 Å². The van der Waals surface area contributed by atoms with E-state index in [2.05, 4.69) is 16.0 Å². The fourth-order valence-corrected chi connectivity index (χ4v) is 4.42. The Hall–Kier alpha value is -4.54. The summed E-state index contributed by atoms with van der Waals surface area (Å²) in [6, 6.07) is 12.5. The predicted octanol–water partition coefficient (Wildman–Crippen LogP) is 5.46. The number of hydrogen-bond donors (Lipinski definition) is 3. The zero-order valence-corrected chi connectivity index (χ0v) is 21.0. The van der Waals surface area contributed by atoms with Crippen molar-refractivity contribution in [3.63, 3.8) is 0 Å². The number of halogens is 7. The fourth-order valence-electron chi connectivity index (χ4n) is 3.33. The number of carboxylic acid groups (broad SMARTS) is 2. The van der Waals surface area contributed by atoms with Crippen LogP contribution in [0.15, 0.2) is 48.7 Å². The lowest BCUT2D eigenvalue weighted by molar-refractivity contribution is -0.193. The first kappa shape index (κ1) is 31.0. The minimum absolute atomic E-state index is 0.120. The van der Waals surface area contributed by atoms with Crippen LogP contribution in [0.3, 0.4) is 0 Å². The second-order valence-corrected chi connectivity index (χ2v) is 9.17. The van der Waals surface area contributed by atoms with Gasteiger partial charge in [-0.25, -0.2) is 28.9 Å². The van der Waals surface area contributed by atoms with Crippen LogP contribution >= 0.6 is 11.3 Å². The average molecular weight is 606 g/mol. The molecule has 0 saturated carbocycles. The van der Waals surface area contributed by atoms with Crippen molar-refractivity contribution in [3.8, 4) is 17.0 Å². The third kappa shape index (κ3) is 8.47. The quantitative estimate of drug-likeness (QED) is 0.253. The maximum Gasteiger partial charge on any atom is 0.490 e. The molecule has 41 heavy (non-hydrogen) atoms. The molecule has 2 aromatic carbocycles. The largest absolute Gasteiger partial charge is 0.493 e. The SMILES string of the molecule is Nc1nccc(-c2ccc3nc(C4COc5ccc(F)cc5C4)sc3c2)n1.O=C(O)C(F)(F)F.O=C(O)C(F)(F)F. The average Bonchev–Trinajstić information content (AvgIpc) is 3.31. The van der Waals surface area contributed by atoms with E-state index in [0.717, 1.165) is 44.2 Å². The summed E-state index contributed by atoms with van der Waals surface area (Å²) in [5.74, 6) is -4.62. The molecule has 2 aromatic heterocycles.